The second-order valence-corrected chi connectivity index (χ2v) is 4.55. The van der Waals surface area contributed by atoms with Crippen molar-refractivity contribution in [3.8, 4) is 0 Å². The van der Waals surface area contributed by atoms with Gasteiger partial charge < -0.3 is 4.40 Å². The summed E-state index contributed by atoms with van der Waals surface area (Å²) in [6, 6.07) is 7.67. The highest BCUT2D eigenvalue weighted by atomic mass is 16.1. The minimum atomic E-state index is 0.153. The Morgan fingerprint density at radius 2 is 2.11 bits per heavy atom. The standard InChI is InChI=1S/C14H14N4O/c1-17-7-5-11(16-17)9-13(19)10-12-3-2-4-14-15-6-8-18(12)14/h2-8H,9-10H2,1H3. The van der Waals surface area contributed by atoms with Gasteiger partial charge in [-0.25, -0.2) is 4.98 Å². The van der Waals surface area contributed by atoms with Crippen LogP contribution in [-0.4, -0.2) is 24.9 Å². The average Bonchev–Trinajstić information content (AvgIpc) is 2.98. The molecule has 3 rings (SSSR count). The molecule has 0 fully saturated rings. The van der Waals surface area contributed by atoms with Crippen LogP contribution >= 0.6 is 0 Å². The monoisotopic (exact) mass is 254 g/mol. The van der Waals surface area contributed by atoms with Crippen molar-refractivity contribution in [1.82, 2.24) is 19.2 Å². The summed E-state index contributed by atoms with van der Waals surface area (Å²) >= 11 is 0. The van der Waals surface area contributed by atoms with Crippen molar-refractivity contribution in [1.29, 1.82) is 0 Å². The van der Waals surface area contributed by atoms with Gasteiger partial charge in [0, 0.05) is 37.8 Å². The molecule has 0 aromatic carbocycles. The summed E-state index contributed by atoms with van der Waals surface area (Å²) in [4.78, 5) is 16.3. The number of pyridine rings is 1. The van der Waals surface area contributed by atoms with Gasteiger partial charge in [0.05, 0.1) is 12.1 Å². The van der Waals surface area contributed by atoms with Crippen LogP contribution in [-0.2, 0) is 24.7 Å². The Hall–Kier alpha value is -2.43. The van der Waals surface area contributed by atoms with Crippen LogP contribution in [0.3, 0.4) is 0 Å². The molecule has 0 aliphatic heterocycles. The number of aryl methyl sites for hydroxylation is 1. The van der Waals surface area contributed by atoms with Gasteiger partial charge in [-0.1, -0.05) is 6.07 Å². The number of rotatable bonds is 4. The second-order valence-electron chi connectivity index (χ2n) is 4.55. The number of nitrogens with zero attached hydrogens (tertiary/aromatic N) is 4. The zero-order valence-corrected chi connectivity index (χ0v) is 10.7. The van der Waals surface area contributed by atoms with Gasteiger partial charge in [0.2, 0.25) is 0 Å². The van der Waals surface area contributed by atoms with Gasteiger partial charge in [-0.2, -0.15) is 5.10 Å². The summed E-state index contributed by atoms with van der Waals surface area (Å²) in [6.45, 7) is 0. The van der Waals surface area contributed by atoms with Gasteiger partial charge in [0.25, 0.3) is 0 Å². The Bertz CT molecular complexity index is 726. The van der Waals surface area contributed by atoms with E-state index in [1.165, 1.54) is 0 Å². The van der Waals surface area contributed by atoms with E-state index in [1.807, 2.05) is 48.1 Å². The minimum Gasteiger partial charge on any atom is -0.304 e. The van der Waals surface area contributed by atoms with Crippen LogP contribution in [0.5, 0.6) is 0 Å². The van der Waals surface area contributed by atoms with E-state index in [0.29, 0.717) is 12.8 Å². The van der Waals surface area contributed by atoms with E-state index in [2.05, 4.69) is 10.1 Å². The lowest BCUT2D eigenvalue weighted by molar-refractivity contribution is -0.117. The van der Waals surface area contributed by atoms with Crippen LogP contribution < -0.4 is 0 Å². The first kappa shape index (κ1) is 11.6. The molecule has 3 aromatic rings. The van der Waals surface area contributed by atoms with Gasteiger partial charge in [0.15, 0.2) is 0 Å². The fourth-order valence-electron chi connectivity index (χ4n) is 2.17. The van der Waals surface area contributed by atoms with Crippen LogP contribution in [0.25, 0.3) is 5.65 Å². The molecule has 0 radical (unpaired) electrons. The lowest BCUT2D eigenvalue weighted by atomic mass is 10.1. The lowest BCUT2D eigenvalue weighted by Gasteiger charge is -2.04. The SMILES string of the molecule is Cn1ccc(CC(=O)Cc2cccc3nccn23)n1. The molecule has 3 heterocycles. The molecular formula is C14H14N4O. The number of ketones is 1. The van der Waals surface area contributed by atoms with E-state index in [1.54, 1.807) is 10.9 Å². The Balaban J connectivity index is 1.77. The van der Waals surface area contributed by atoms with E-state index < -0.39 is 0 Å². The summed E-state index contributed by atoms with van der Waals surface area (Å²) < 4.78 is 3.65. The number of carbonyl (C=O) groups is 1. The molecule has 5 heteroatoms. The van der Waals surface area contributed by atoms with E-state index in [0.717, 1.165) is 17.0 Å². The third kappa shape index (κ3) is 2.40. The molecule has 0 saturated heterocycles. The molecule has 0 saturated carbocycles. The quantitative estimate of drug-likeness (QED) is 0.707. The van der Waals surface area contributed by atoms with Crippen molar-refractivity contribution < 1.29 is 4.79 Å². The Morgan fingerprint density at radius 1 is 1.21 bits per heavy atom. The number of carbonyl (C=O) groups excluding carboxylic acids is 1. The second kappa shape index (κ2) is 4.68. The molecule has 0 atom stereocenters. The number of imidazole rings is 1. The van der Waals surface area contributed by atoms with Crippen molar-refractivity contribution in [2.24, 2.45) is 7.05 Å². The molecule has 96 valence electrons. The first-order valence-corrected chi connectivity index (χ1v) is 6.13. The zero-order chi connectivity index (χ0) is 13.2. The summed E-state index contributed by atoms with van der Waals surface area (Å²) in [6.07, 6.45) is 6.22. The van der Waals surface area contributed by atoms with E-state index in [-0.39, 0.29) is 5.78 Å². The highest BCUT2D eigenvalue weighted by Crippen LogP contribution is 2.08. The molecule has 19 heavy (non-hydrogen) atoms. The first-order chi connectivity index (χ1) is 9.22. The molecule has 0 bridgehead atoms. The van der Waals surface area contributed by atoms with Crippen LogP contribution in [0.2, 0.25) is 0 Å². The molecule has 0 N–H and O–H groups in total. The summed E-state index contributed by atoms with van der Waals surface area (Å²) in [5.74, 6) is 0.153. The maximum atomic E-state index is 12.1. The fraction of sp³-hybridized carbons (Fsp3) is 0.214. The predicted molar refractivity (Wildman–Crippen MR) is 70.8 cm³/mol. The van der Waals surface area contributed by atoms with E-state index in [9.17, 15) is 4.79 Å². The lowest BCUT2D eigenvalue weighted by Crippen LogP contribution is -2.10. The molecule has 0 spiro atoms. The van der Waals surface area contributed by atoms with Gasteiger partial charge in [-0.05, 0) is 18.2 Å². The number of Topliss-reactive ketones (excluding diaryl/α,β-unsaturated/α-hetero) is 1. The number of fused-ring (bicyclic) bond motifs is 1. The average molecular weight is 254 g/mol. The smallest absolute Gasteiger partial charge is 0.144 e. The van der Waals surface area contributed by atoms with Gasteiger partial charge in [-0.15, -0.1) is 0 Å². The van der Waals surface area contributed by atoms with Crippen molar-refractivity contribution in [2.45, 2.75) is 12.8 Å². The third-order valence-electron chi connectivity index (χ3n) is 3.04. The molecule has 5 nitrogen and oxygen atoms in total. The topological polar surface area (TPSA) is 52.2 Å². The summed E-state index contributed by atoms with van der Waals surface area (Å²) in [5.41, 5.74) is 2.63. The number of hydrogen-bond donors (Lipinski definition) is 0. The number of aromatic nitrogens is 4. The van der Waals surface area contributed by atoms with Crippen LogP contribution in [0, 0.1) is 0 Å². The minimum absolute atomic E-state index is 0.153. The molecular weight excluding hydrogens is 240 g/mol. The maximum Gasteiger partial charge on any atom is 0.144 e. The molecule has 0 unspecified atom stereocenters. The van der Waals surface area contributed by atoms with Gasteiger partial charge in [-0.3, -0.25) is 9.48 Å². The van der Waals surface area contributed by atoms with Gasteiger partial charge >= 0.3 is 0 Å². The zero-order valence-electron chi connectivity index (χ0n) is 10.7. The predicted octanol–water partition coefficient (Wildman–Crippen LogP) is 1.42. The molecule has 0 aliphatic carbocycles. The maximum absolute atomic E-state index is 12.1. The largest absolute Gasteiger partial charge is 0.304 e. The van der Waals surface area contributed by atoms with Crippen molar-refractivity contribution >= 4 is 11.4 Å². The van der Waals surface area contributed by atoms with Crippen LogP contribution in [0.4, 0.5) is 0 Å². The molecule has 0 aliphatic rings. The normalized spacial score (nSPS) is 11.0. The van der Waals surface area contributed by atoms with Crippen LogP contribution in [0.15, 0.2) is 42.9 Å². The molecule has 3 aromatic heterocycles. The Labute approximate surface area is 110 Å². The highest BCUT2D eigenvalue weighted by Gasteiger charge is 2.09. The van der Waals surface area contributed by atoms with Crippen molar-refractivity contribution in [3.63, 3.8) is 0 Å². The highest BCUT2D eigenvalue weighted by molar-refractivity contribution is 5.82. The third-order valence-corrected chi connectivity index (χ3v) is 3.04. The van der Waals surface area contributed by atoms with Crippen LogP contribution in [0.1, 0.15) is 11.4 Å². The summed E-state index contributed by atoms with van der Waals surface area (Å²) in [5, 5.41) is 4.22. The molecule has 0 amide bonds. The van der Waals surface area contributed by atoms with E-state index in [4.69, 9.17) is 0 Å². The Morgan fingerprint density at radius 3 is 2.89 bits per heavy atom. The van der Waals surface area contributed by atoms with Gasteiger partial charge in [0.1, 0.15) is 11.4 Å². The Kier molecular flexibility index (Phi) is 2.87. The fourth-order valence-corrected chi connectivity index (χ4v) is 2.17. The number of hydrogen-bond acceptors (Lipinski definition) is 3. The van der Waals surface area contributed by atoms with E-state index >= 15 is 0 Å². The summed E-state index contributed by atoms with van der Waals surface area (Å²) in [7, 11) is 1.85. The van der Waals surface area contributed by atoms with Crippen molar-refractivity contribution in [2.75, 3.05) is 0 Å². The first-order valence-electron chi connectivity index (χ1n) is 6.13. The van der Waals surface area contributed by atoms with Crippen molar-refractivity contribution in [3.05, 3.63) is 54.2 Å².